The number of carbonyl (C=O) groups is 2. The second-order valence-corrected chi connectivity index (χ2v) is 8.02. The van der Waals surface area contributed by atoms with Crippen molar-refractivity contribution in [3.63, 3.8) is 0 Å². The van der Waals surface area contributed by atoms with Crippen molar-refractivity contribution in [1.29, 1.82) is 0 Å². The molecule has 0 aliphatic rings. The number of hydrogen-bond donors (Lipinski definition) is 3. The third kappa shape index (κ3) is 6.16. The summed E-state index contributed by atoms with van der Waals surface area (Å²) in [6, 6.07) is 14.9. The molecule has 0 bridgehead atoms. The van der Waals surface area contributed by atoms with Gasteiger partial charge in [-0.1, -0.05) is 52.0 Å². The second-order valence-electron chi connectivity index (χ2n) is 8.02. The Morgan fingerprint density at radius 1 is 0.897 bits per heavy atom. The minimum Gasteiger partial charge on any atom is -0.366 e. The fourth-order valence-corrected chi connectivity index (χ4v) is 3.25. The van der Waals surface area contributed by atoms with Gasteiger partial charge >= 0.3 is 0 Å². The molecule has 4 N–H and O–H groups in total. The standard InChI is InChI=1S/C24H33N3O2/c1-6-16(4)18-7-9-19(10-8-18)22(15(2)3)26-17(5)24(29)27-21-13-11-20(12-14-21)23(25)28/h7-17,22,26H,6H2,1-5H3,(H2,25,28)(H,27,29)/t16-,17+,22+/m1/s1. The molecule has 0 fully saturated rings. The molecule has 0 radical (unpaired) electrons. The quantitative estimate of drug-likeness (QED) is 0.579. The van der Waals surface area contributed by atoms with Gasteiger partial charge in [-0.05, 0) is 60.6 Å². The van der Waals surface area contributed by atoms with Crippen LogP contribution in [0.1, 0.15) is 74.5 Å². The number of carbonyl (C=O) groups excluding carboxylic acids is 2. The van der Waals surface area contributed by atoms with Gasteiger partial charge in [-0.25, -0.2) is 0 Å². The lowest BCUT2D eigenvalue weighted by atomic mass is 9.91. The summed E-state index contributed by atoms with van der Waals surface area (Å²) in [6.45, 7) is 10.6. The first-order valence-corrected chi connectivity index (χ1v) is 10.3. The molecule has 0 aliphatic carbocycles. The molecule has 0 heterocycles. The number of primary amides is 1. The van der Waals surface area contributed by atoms with Crippen LogP contribution in [0.15, 0.2) is 48.5 Å². The highest BCUT2D eigenvalue weighted by Gasteiger charge is 2.22. The minimum absolute atomic E-state index is 0.0685. The summed E-state index contributed by atoms with van der Waals surface area (Å²) in [7, 11) is 0. The molecule has 0 aromatic heterocycles. The predicted molar refractivity (Wildman–Crippen MR) is 119 cm³/mol. The zero-order valence-electron chi connectivity index (χ0n) is 18.0. The molecule has 0 saturated heterocycles. The Bertz CT molecular complexity index is 813. The van der Waals surface area contributed by atoms with Gasteiger partial charge in [0.15, 0.2) is 0 Å². The number of amides is 2. The number of hydrogen-bond acceptors (Lipinski definition) is 3. The molecular weight excluding hydrogens is 362 g/mol. The van der Waals surface area contributed by atoms with Crippen LogP contribution < -0.4 is 16.4 Å². The van der Waals surface area contributed by atoms with Gasteiger partial charge in [-0.2, -0.15) is 0 Å². The molecule has 2 aromatic carbocycles. The summed E-state index contributed by atoms with van der Waals surface area (Å²) in [5.74, 6) is 0.255. The summed E-state index contributed by atoms with van der Waals surface area (Å²) in [4.78, 5) is 23.8. The maximum absolute atomic E-state index is 12.6. The molecule has 5 nitrogen and oxygen atoms in total. The van der Waals surface area contributed by atoms with Crippen molar-refractivity contribution in [2.75, 3.05) is 5.32 Å². The van der Waals surface area contributed by atoms with Gasteiger partial charge < -0.3 is 11.1 Å². The average molecular weight is 396 g/mol. The summed E-state index contributed by atoms with van der Waals surface area (Å²) >= 11 is 0. The molecule has 0 spiro atoms. The first-order chi connectivity index (χ1) is 13.7. The molecule has 3 atom stereocenters. The summed E-state index contributed by atoms with van der Waals surface area (Å²) < 4.78 is 0. The van der Waals surface area contributed by atoms with Gasteiger partial charge in [0, 0.05) is 17.3 Å². The Hall–Kier alpha value is -2.66. The largest absolute Gasteiger partial charge is 0.366 e. The van der Waals surface area contributed by atoms with E-state index in [4.69, 9.17) is 5.73 Å². The van der Waals surface area contributed by atoms with E-state index < -0.39 is 5.91 Å². The lowest BCUT2D eigenvalue weighted by molar-refractivity contribution is -0.118. The zero-order valence-corrected chi connectivity index (χ0v) is 18.0. The molecule has 5 heteroatoms. The van der Waals surface area contributed by atoms with Crippen LogP contribution >= 0.6 is 0 Å². The number of rotatable bonds is 9. The molecular formula is C24H33N3O2. The van der Waals surface area contributed by atoms with E-state index in [1.165, 1.54) is 11.1 Å². The first-order valence-electron chi connectivity index (χ1n) is 10.3. The van der Waals surface area contributed by atoms with Crippen molar-refractivity contribution in [1.82, 2.24) is 5.32 Å². The van der Waals surface area contributed by atoms with Crippen LogP contribution in [0.25, 0.3) is 0 Å². The summed E-state index contributed by atoms with van der Waals surface area (Å²) in [6.07, 6.45) is 1.11. The van der Waals surface area contributed by atoms with E-state index in [2.05, 4.69) is 62.6 Å². The van der Waals surface area contributed by atoms with Gasteiger partial charge in [0.1, 0.15) is 0 Å². The van der Waals surface area contributed by atoms with Crippen LogP contribution in [-0.4, -0.2) is 17.9 Å². The Labute approximate surface area is 174 Å². The third-order valence-corrected chi connectivity index (χ3v) is 5.40. The van der Waals surface area contributed by atoms with Gasteiger partial charge in [0.25, 0.3) is 0 Å². The molecule has 156 valence electrons. The highest BCUT2D eigenvalue weighted by molar-refractivity contribution is 5.96. The Kier molecular flexibility index (Phi) is 7.97. The van der Waals surface area contributed by atoms with E-state index in [0.29, 0.717) is 23.1 Å². The maximum atomic E-state index is 12.6. The number of benzene rings is 2. The Balaban J connectivity index is 2.05. The fourth-order valence-electron chi connectivity index (χ4n) is 3.25. The molecule has 2 amide bonds. The molecule has 2 rings (SSSR count). The highest BCUT2D eigenvalue weighted by Crippen LogP contribution is 2.26. The normalized spacial score (nSPS) is 14.3. The van der Waals surface area contributed by atoms with E-state index in [1.54, 1.807) is 24.3 Å². The van der Waals surface area contributed by atoms with Crippen LogP contribution in [0.2, 0.25) is 0 Å². The van der Waals surface area contributed by atoms with Crippen molar-refractivity contribution >= 4 is 17.5 Å². The second kappa shape index (κ2) is 10.2. The summed E-state index contributed by atoms with van der Waals surface area (Å²) in [5, 5.41) is 6.34. The monoisotopic (exact) mass is 395 g/mol. The number of nitrogens with one attached hydrogen (secondary N) is 2. The molecule has 0 unspecified atom stereocenters. The van der Waals surface area contributed by atoms with Crippen LogP contribution in [-0.2, 0) is 4.79 Å². The molecule has 29 heavy (non-hydrogen) atoms. The van der Waals surface area contributed by atoms with Crippen molar-refractivity contribution in [2.24, 2.45) is 11.7 Å². The van der Waals surface area contributed by atoms with Crippen molar-refractivity contribution in [3.05, 3.63) is 65.2 Å². The number of anilines is 1. The van der Waals surface area contributed by atoms with Crippen molar-refractivity contribution in [3.8, 4) is 0 Å². The maximum Gasteiger partial charge on any atom is 0.248 e. The van der Waals surface area contributed by atoms with Gasteiger partial charge in [-0.15, -0.1) is 0 Å². The average Bonchev–Trinajstić information content (AvgIpc) is 2.71. The van der Waals surface area contributed by atoms with Crippen LogP contribution in [0.3, 0.4) is 0 Å². The smallest absolute Gasteiger partial charge is 0.248 e. The highest BCUT2D eigenvalue weighted by atomic mass is 16.2. The molecule has 0 aliphatic heterocycles. The van der Waals surface area contributed by atoms with E-state index in [0.717, 1.165) is 6.42 Å². The van der Waals surface area contributed by atoms with Gasteiger partial charge in [0.05, 0.1) is 6.04 Å². The fraction of sp³-hybridized carbons (Fsp3) is 0.417. The van der Waals surface area contributed by atoms with Crippen LogP contribution in [0, 0.1) is 5.92 Å². The van der Waals surface area contributed by atoms with Gasteiger partial charge in [-0.3, -0.25) is 14.9 Å². The lowest BCUT2D eigenvalue weighted by Gasteiger charge is -2.27. The summed E-state index contributed by atoms with van der Waals surface area (Å²) in [5.41, 5.74) is 8.81. The molecule has 0 saturated carbocycles. The van der Waals surface area contributed by atoms with E-state index in [1.807, 2.05) is 6.92 Å². The Morgan fingerprint density at radius 2 is 1.45 bits per heavy atom. The lowest BCUT2D eigenvalue weighted by Crippen LogP contribution is -2.41. The van der Waals surface area contributed by atoms with E-state index in [9.17, 15) is 9.59 Å². The zero-order chi connectivity index (χ0) is 21.6. The molecule has 2 aromatic rings. The van der Waals surface area contributed by atoms with E-state index >= 15 is 0 Å². The topological polar surface area (TPSA) is 84.2 Å². The van der Waals surface area contributed by atoms with Crippen LogP contribution in [0.4, 0.5) is 5.69 Å². The first kappa shape index (κ1) is 22.6. The third-order valence-electron chi connectivity index (χ3n) is 5.40. The predicted octanol–water partition coefficient (Wildman–Crippen LogP) is 4.61. The van der Waals surface area contributed by atoms with Crippen molar-refractivity contribution in [2.45, 2.75) is 59.0 Å². The Morgan fingerprint density at radius 3 is 1.93 bits per heavy atom. The van der Waals surface area contributed by atoms with Gasteiger partial charge in [0.2, 0.25) is 11.8 Å². The van der Waals surface area contributed by atoms with E-state index in [-0.39, 0.29) is 18.0 Å². The SMILES string of the molecule is CC[C@@H](C)c1ccc([C@@H](N[C@@H](C)C(=O)Nc2ccc(C(N)=O)cc2)C(C)C)cc1. The van der Waals surface area contributed by atoms with Crippen molar-refractivity contribution < 1.29 is 9.59 Å². The minimum atomic E-state index is -0.489. The van der Waals surface area contributed by atoms with Crippen LogP contribution in [0.5, 0.6) is 0 Å². The number of nitrogens with two attached hydrogens (primary N) is 1.